The molecule has 0 aliphatic heterocycles. The standard InChI is InChI=1S/C18H30O4.C6H10O4.C6H12O.CH4.H2O4S/c1-14(18(20)22-16-10-6-3-7-11-16)12-13-17(19)21-15-8-4-2-5-9-15;1-4(6(9)10)2-3-5(7)8;7-6-4-2-1-3-5-6;;1-5(2,3)4/h14-16H,2-13H2,1H3;4H,2-3H2,1H3,(H,7,8)(H,9,10);6-7H,1-5H2;1H4;(H2,1,2,3,4). The number of aliphatic carboxylic acids is 2. The van der Waals surface area contributed by atoms with Crippen LogP contribution in [0.15, 0.2) is 0 Å². The highest BCUT2D eigenvalue weighted by Crippen LogP contribution is 2.23. The third kappa shape index (κ3) is 28.9. The van der Waals surface area contributed by atoms with Gasteiger partial charge in [-0.25, -0.2) is 0 Å². The van der Waals surface area contributed by atoms with Crippen molar-refractivity contribution >= 4 is 34.3 Å². The number of carbonyl (C=O) groups excluding carboxylic acids is 2. The molecule has 5 N–H and O–H groups in total. The van der Waals surface area contributed by atoms with Gasteiger partial charge in [-0.2, -0.15) is 8.42 Å². The molecule has 266 valence electrons. The van der Waals surface area contributed by atoms with Gasteiger partial charge < -0.3 is 24.8 Å². The average molecular weight is 671 g/mol. The first-order chi connectivity index (χ1) is 20.6. The fourth-order valence-electron chi connectivity index (χ4n) is 4.89. The van der Waals surface area contributed by atoms with Gasteiger partial charge in [0.25, 0.3) is 0 Å². The van der Waals surface area contributed by atoms with Gasteiger partial charge in [0.2, 0.25) is 0 Å². The zero-order chi connectivity index (χ0) is 33.5. The van der Waals surface area contributed by atoms with Crippen LogP contribution in [0, 0.1) is 11.8 Å². The van der Waals surface area contributed by atoms with Gasteiger partial charge in [0.05, 0.1) is 17.9 Å². The molecule has 3 rings (SSSR count). The lowest BCUT2D eigenvalue weighted by molar-refractivity contribution is -0.156. The lowest BCUT2D eigenvalue weighted by Crippen LogP contribution is -2.26. The molecular formula is C31H58O13S. The van der Waals surface area contributed by atoms with Crippen LogP contribution in [0.25, 0.3) is 0 Å². The van der Waals surface area contributed by atoms with Gasteiger partial charge in [-0.05, 0) is 77.0 Å². The first kappa shape index (κ1) is 44.8. The Hall–Kier alpha value is -2.29. The van der Waals surface area contributed by atoms with E-state index in [1.807, 2.05) is 6.92 Å². The first-order valence-corrected chi connectivity index (χ1v) is 17.2. The summed E-state index contributed by atoms with van der Waals surface area (Å²) in [5.41, 5.74) is 0. The van der Waals surface area contributed by atoms with E-state index >= 15 is 0 Å². The molecule has 3 saturated carbocycles. The second-order valence-corrected chi connectivity index (χ2v) is 12.7. The fourth-order valence-corrected chi connectivity index (χ4v) is 4.89. The van der Waals surface area contributed by atoms with Crippen LogP contribution in [0.1, 0.15) is 143 Å². The molecule has 45 heavy (non-hydrogen) atoms. The summed E-state index contributed by atoms with van der Waals surface area (Å²) in [4.78, 5) is 43.9. The maximum Gasteiger partial charge on any atom is 0.394 e. The smallest absolute Gasteiger partial charge is 0.394 e. The van der Waals surface area contributed by atoms with Crippen molar-refractivity contribution in [3.63, 3.8) is 0 Å². The minimum atomic E-state index is -4.67. The first-order valence-electron chi connectivity index (χ1n) is 15.8. The predicted octanol–water partition coefficient (Wildman–Crippen LogP) is 6.02. The van der Waals surface area contributed by atoms with E-state index in [0.29, 0.717) is 12.8 Å². The second kappa shape index (κ2) is 25.9. The summed E-state index contributed by atoms with van der Waals surface area (Å²) in [5, 5.41) is 25.4. The number of carboxylic acids is 2. The van der Waals surface area contributed by atoms with Crippen molar-refractivity contribution in [2.75, 3.05) is 0 Å². The number of aliphatic hydroxyl groups is 1. The summed E-state index contributed by atoms with van der Waals surface area (Å²) in [6.07, 6.45) is 18.2. The molecule has 14 heteroatoms. The topological polar surface area (TPSA) is 222 Å². The molecule has 3 aliphatic carbocycles. The van der Waals surface area contributed by atoms with Crippen molar-refractivity contribution in [2.24, 2.45) is 11.8 Å². The summed E-state index contributed by atoms with van der Waals surface area (Å²) in [6.45, 7) is 3.34. The molecule has 3 fully saturated rings. The maximum absolute atomic E-state index is 12.0. The Morgan fingerprint density at radius 3 is 1.40 bits per heavy atom. The largest absolute Gasteiger partial charge is 0.481 e. The van der Waals surface area contributed by atoms with Crippen molar-refractivity contribution in [3.05, 3.63) is 0 Å². The van der Waals surface area contributed by atoms with E-state index in [2.05, 4.69) is 0 Å². The van der Waals surface area contributed by atoms with E-state index in [-0.39, 0.29) is 56.4 Å². The van der Waals surface area contributed by atoms with Crippen LogP contribution in [0.3, 0.4) is 0 Å². The Bertz CT molecular complexity index is 912. The lowest BCUT2D eigenvalue weighted by atomic mass is 9.97. The van der Waals surface area contributed by atoms with E-state index in [1.165, 1.54) is 39.0 Å². The SMILES string of the molecule is C.CC(CCC(=O)O)C(=O)O.CC(CCC(=O)OC1CCCCC1)C(=O)OC1CCCCC1.O=S(=O)(O)O.OC1CCCCC1. The van der Waals surface area contributed by atoms with E-state index in [4.69, 9.17) is 42.3 Å². The average Bonchev–Trinajstić information content (AvgIpc) is 2.96. The molecule has 0 aromatic heterocycles. The lowest BCUT2D eigenvalue weighted by Gasteiger charge is -2.24. The molecule has 0 bridgehead atoms. The number of carbonyl (C=O) groups is 4. The Kier molecular flexibility index (Phi) is 25.8. The number of esters is 2. The highest BCUT2D eigenvalue weighted by Gasteiger charge is 2.23. The van der Waals surface area contributed by atoms with E-state index in [1.54, 1.807) is 0 Å². The zero-order valence-electron chi connectivity index (χ0n) is 26.2. The Balaban J connectivity index is 0. The van der Waals surface area contributed by atoms with E-state index < -0.39 is 28.3 Å². The number of carboxylic acid groups (broad SMARTS) is 2. The van der Waals surface area contributed by atoms with Gasteiger partial charge >= 0.3 is 34.3 Å². The van der Waals surface area contributed by atoms with Crippen LogP contribution in [0.4, 0.5) is 0 Å². The molecule has 0 radical (unpaired) electrons. The van der Waals surface area contributed by atoms with Gasteiger partial charge in [-0.3, -0.25) is 28.3 Å². The molecule has 0 amide bonds. The van der Waals surface area contributed by atoms with Gasteiger partial charge in [-0.1, -0.05) is 53.4 Å². The van der Waals surface area contributed by atoms with Crippen molar-refractivity contribution in [1.29, 1.82) is 0 Å². The second-order valence-electron chi connectivity index (χ2n) is 11.8. The van der Waals surface area contributed by atoms with Gasteiger partial charge in [-0.15, -0.1) is 0 Å². The summed E-state index contributed by atoms with van der Waals surface area (Å²) in [7, 11) is -4.67. The molecule has 2 unspecified atom stereocenters. The highest BCUT2D eigenvalue weighted by atomic mass is 32.3. The number of hydrogen-bond acceptors (Lipinski definition) is 9. The molecule has 0 aromatic rings. The number of aliphatic hydroxyl groups excluding tert-OH is 1. The summed E-state index contributed by atoms with van der Waals surface area (Å²) < 4.78 is 42.6. The summed E-state index contributed by atoms with van der Waals surface area (Å²) >= 11 is 0. The molecule has 0 saturated heterocycles. The van der Waals surface area contributed by atoms with Crippen LogP contribution < -0.4 is 0 Å². The molecule has 0 heterocycles. The number of ether oxygens (including phenoxy) is 2. The minimum absolute atomic E-state index is 0. The van der Waals surface area contributed by atoms with Gasteiger partial charge in [0.1, 0.15) is 12.2 Å². The number of rotatable bonds is 10. The van der Waals surface area contributed by atoms with Crippen LogP contribution >= 0.6 is 0 Å². The molecule has 0 spiro atoms. The van der Waals surface area contributed by atoms with Crippen LogP contribution in [-0.4, -0.2) is 75.0 Å². The molecule has 13 nitrogen and oxygen atoms in total. The quantitative estimate of drug-likeness (QED) is 0.133. The summed E-state index contributed by atoms with van der Waals surface area (Å²) in [6, 6.07) is 0. The predicted molar refractivity (Wildman–Crippen MR) is 168 cm³/mol. The number of hydrogen-bond donors (Lipinski definition) is 5. The summed E-state index contributed by atoms with van der Waals surface area (Å²) in [5.74, 6) is -2.99. The van der Waals surface area contributed by atoms with Crippen molar-refractivity contribution in [2.45, 2.75) is 162 Å². The molecule has 3 aliphatic rings. The van der Waals surface area contributed by atoms with Crippen molar-refractivity contribution in [1.82, 2.24) is 0 Å². The monoisotopic (exact) mass is 670 g/mol. The van der Waals surface area contributed by atoms with E-state index in [0.717, 1.165) is 64.2 Å². The normalized spacial score (nSPS) is 18.8. The van der Waals surface area contributed by atoms with Gasteiger partial charge in [0, 0.05) is 12.8 Å². The van der Waals surface area contributed by atoms with Crippen molar-refractivity contribution < 1.29 is 61.5 Å². The third-order valence-corrected chi connectivity index (χ3v) is 7.66. The Morgan fingerprint density at radius 1 is 0.667 bits per heavy atom. The fraction of sp³-hybridized carbons (Fsp3) is 0.871. The van der Waals surface area contributed by atoms with Crippen molar-refractivity contribution in [3.8, 4) is 0 Å². The molecule has 2 atom stereocenters. The molecular weight excluding hydrogens is 612 g/mol. The molecule has 0 aromatic carbocycles. The minimum Gasteiger partial charge on any atom is -0.481 e. The van der Waals surface area contributed by atoms with Crippen LogP contribution in [-0.2, 0) is 39.1 Å². The third-order valence-electron chi connectivity index (χ3n) is 7.66. The zero-order valence-corrected chi connectivity index (χ0v) is 27.0. The van der Waals surface area contributed by atoms with Crippen LogP contribution in [0.2, 0.25) is 0 Å². The Labute approximate surface area is 269 Å². The maximum atomic E-state index is 12.0. The van der Waals surface area contributed by atoms with Gasteiger partial charge in [0.15, 0.2) is 0 Å². The van der Waals surface area contributed by atoms with Crippen LogP contribution in [0.5, 0.6) is 0 Å². The van der Waals surface area contributed by atoms with E-state index in [9.17, 15) is 19.2 Å². The Morgan fingerprint density at radius 2 is 1.04 bits per heavy atom. The highest BCUT2D eigenvalue weighted by molar-refractivity contribution is 7.79.